The Morgan fingerprint density at radius 2 is 2.04 bits per heavy atom. The summed E-state index contributed by atoms with van der Waals surface area (Å²) in [5.74, 6) is -0.395. The lowest BCUT2D eigenvalue weighted by molar-refractivity contribution is -0.117. The van der Waals surface area contributed by atoms with E-state index in [9.17, 15) is 10.1 Å². The second-order valence-corrected chi connectivity index (χ2v) is 5.39. The zero-order chi connectivity index (χ0) is 16.9. The minimum Gasteiger partial charge on any atom is -0.383 e. The van der Waals surface area contributed by atoms with Crippen molar-refractivity contribution < 1.29 is 9.53 Å². The molecule has 120 valence electrons. The van der Waals surface area contributed by atoms with Crippen molar-refractivity contribution in [3.8, 4) is 6.07 Å². The molecule has 1 heterocycles. The molecule has 0 aliphatic rings. The molecule has 1 aromatic heterocycles. The zero-order valence-corrected chi connectivity index (χ0v) is 13.3. The van der Waals surface area contributed by atoms with E-state index in [0.717, 1.165) is 27.4 Å². The van der Waals surface area contributed by atoms with E-state index in [2.05, 4.69) is 10.3 Å². The van der Waals surface area contributed by atoms with Crippen molar-refractivity contribution in [2.24, 2.45) is 0 Å². The third-order valence-electron chi connectivity index (χ3n) is 3.80. The van der Waals surface area contributed by atoms with Gasteiger partial charge in [0.1, 0.15) is 11.6 Å². The van der Waals surface area contributed by atoms with E-state index in [0.29, 0.717) is 13.2 Å². The number of ether oxygens (including phenoxy) is 1. The molecule has 0 saturated heterocycles. The number of nitrogens with one attached hydrogen (secondary N) is 2. The van der Waals surface area contributed by atoms with Gasteiger partial charge in [-0.1, -0.05) is 24.3 Å². The standard InChI is InChI=1S/C19H17N3O2/c1-24-9-8-21-19(23)14(12-20)10-13-6-7-18-16(11-13)15-4-2-3-5-17(15)22-18/h2-7,10-11,22H,8-9H2,1H3,(H,21,23)/b14-10+. The Bertz CT molecular complexity index is 964. The summed E-state index contributed by atoms with van der Waals surface area (Å²) in [4.78, 5) is 15.4. The number of para-hydroxylation sites is 1. The van der Waals surface area contributed by atoms with Gasteiger partial charge >= 0.3 is 0 Å². The Balaban J connectivity index is 1.94. The van der Waals surface area contributed by atoms with Crippen molar-refractivity contribution >= 4 is 33.8 Å². The summed E-state index contributed by atoms with van der Waals surface area (Å²) >= 11 is 0. The van der Waals surface area contributed by atoms with E-state index in [1.54, 1.807) is 13.2 Å². The SMILES string of the molecule is COCCNC(=O)/C(C#N)=C/c1ccc2[nH]c3ccccc3c2c1. The molecule has 0 radical (unpaired) electrons. The quantitative estimate of drug-likeness (QED) is 0.431. The normalized spacial score (nSPS) is 11.6. The van der Waals surface area contributed by atoms with Crippen LogP contribution in [0.5, 0.6) is 0 Å². The maximum Gasteiger partial charge on any atom is 0.262 e. The van der Waals surface area contributed by atoms with Gasteiger partial charge < -0.3 is 15.0 Å². The average Bonchev–Trinajstić information content (AvgIpc) is 2.97. The van der Waals surface area contributed by atoms with Crippen LogP contribution in [0.3, 0.4) is 0 Å². The Morgan fingerprint density at radius 1 is 1.25 bits per heavy atom. The number of nitrogens with zero attached hydrogens (tertiary/aromatic N) is 1. The van der Waals surface area contributed by atoms with Gasteiger partial charge in [0.25, 0.3) is 5.91 Å². The van der Waals surface area contributed by atoms with Gasteiger partial charge in [0.05, 0.1) is 6.61 Å². The second-order valence-electron chi connectivity index (χ2n) is 5.39. The van der Waals surface area contributed by atoms with Crippen molar-refractivity contribution in [1.29, 1.82) is 5.26 Å². The van der Waals surface area contributed by atoms with Crippen LogP contribution in [-0.4, -0.2) is 31.2 Å². The average molecular weight is 319 g/mol. The molecule has 0 atom stereocenters. The Kier molecular flexibility index (Phi) is 4.59. The molecule has 5 nitrogen and oxygen atoms in total. The number of rotatable bonds is 5. The van der Waals surface area contributed by atoms with Crippen LogP contribution >= 0.6 is 0 Å². The zero-order valence-electron chi connectivity index (χ0n) is 13.3. The number of fused-ring (bicyclic) bond motifs is 3. The number of hydrogen-bond acceptors (Lipinski definition) is 3. The molecule has 0 spiro atoms. The highest BCUT2D eigenvalue weighted by Gasteiger charge is 2.09. The van der Waals surface area contributed by atoms with Crippen LogP contribution in [0.15, 0.2) is 48.0 Å². The van der Waals surface area contributed by atoms with Gasteiger partial charge in [-0.05, 0) is 29.8 Å². The van der Waals surface area contributed by atoms with Crippen LogP contribution in [0.2, 0.25) is 0 Å². The predicted molar refractivity (Wildman–Crippen MR) is 94.3 cm³/mol. The lowest BCUT2D eigenvalue weighted by Crippen LogP contribution is -2.27. The first-order valence-electron chi connectivity index (χ1n) is 7.62. The van der Waals surface area contributed by atoms with Gasteiger partial charge in [0, 0.05) is 35.5 Å². The molecule has 5 heteroatoms. The second kappa shape index (κ2) is 6.99. The maximum absolute atomic E-state index is 12.0. The van der Waals surface area contributed by atoms with Crippen molar-refractivity contribution in [3.05, 3.63) is 53.6 Å². The van der Waals surface area contributed by atoms with E-state index < -0.39 is 5.91 Å². The van der Waals surface area contributed by atoms with Gasteiger partial charge in [-0.2, -0.15) is 5.26 Å². The number of nitriles is 1. The number of carbonyl (C=O) groups excluding carboxylic acids is 1. The van der Waals surface area contributed by atoms with Crippen LogP contribution in [-0.2, 0) is 9.53 Å². The van der Waals surface area contributed by atoms with Gasteiger partial charge in [-0.25, -0.2) is 0 Å². The molecule has 0 unspecified atom stereocenters. The molecule has 24 heavy (non-hydrogen) atoms. The summed E-state index contributed by atoms with van der Waals surface area (Å²) in [6.45, 7) is 0.779. The summed E-state index contributed by atoms with van der Waals surface area (Å²) in [5.41, 5.74) is 2.97. The predicted octanol–water partition coefficient (Wildman–Crippen LogP) is 2.99. The summed E-state index contributed by atoms with van der Waals surface area (Å²) in [7, 11) is 1.56. The monoisotopic (exact) mass is 319 g/mol. The third kappa shape index (κ3) is 3.14. The number of aromatic amines is 1. The molecule has 2 aromatic carbocycles. The highest BCUT2D eigenvalue weighted by atomic mass is 16.5. The summed E-state index contributed by atoms with van der Waals surface area (Å²) in [6.07, 6.45) is 1.60. The smallest absolute Gasteiger partial charge is 0.262 e. The fraction of sp³-hybridized carbons (Fsp3) is 0.158. The molecular weight excluding hydrogens is 302 g/mol. The van der Waals surface area contributed by atoms with Gasteiger partial charge in [0.2, 0.25) is 0 Å². The minimum absolute atomic E-state index is 0.0743. The summed E-state index contributed by atoms with van der Waals surface area (Å²) in [5, 5.41) is 14.1. The lowest BCUT2D eigenvalue weighted by Gasteiger charge is -2.03. The molecule has 0 fully saturated rings. The first-order chi connectivity index (χ1) is 11.7. The van der Waals surface area contributed by atoms with Crippen LogP contribution < -0.4 is 5.32 Å². The van der Waals surface area contributed by atoms with Gasteiger partial charge in [-0.15, -0.1) is 0 Å². The van der Waals surface area contributed by atoms with Crippen molar-refractivity contribution in [1.82, 2.24) is 10.3 Å². The molecule has 3 rings (SSSR count). The molecule has 0 aliphatic heterocycles. The number of benzene rings is 2. The maximum atomic E-state index is 12.0. The van der Waals surface area contributed by atoms with Crippen LogP contribution in [0.25, 0.3) is 27.9 Å². The third-order valence-corrected chi connectivity index (χ3v) is 3.80. The molecule has 2 N–H and O–H groups in total. The van der Waals surface area contributed by atoms with Crippen molar-refractivity contribution in [2.45, 2.75) is 0 Å². The lowest BCUT2D eigenvalue weighted by atomic mass is 10.1. The highest BCUT2D eigenvalue weighted by molar-refractivity contribution is 6.08. The van der Waals surface area contributed by atoms with Crippen LogP contribution in [0.4, 0.5) is 0 Å². The first-order valence-corrected chi connectivity index (χ1v) is 7.62. The number of amides is 1. The van der Waals surface area contributed by atoms with E-state index in [4.69, 9.17) is 4.74 Å². The number of H-pyrrole nitrogens is 1. The van der Waals surface area contributed by atoms with Crippen LogP contribution in [0, 0.1) is 11.3 Å². The number of carbonyl (C=O) groups is 1. The summed E-state index contributed by atoms with van der Waals surface area (Å²) in [6, 6.07) is 15.8. The number of hydrogen-bond donors (Lipinski definition) is 2. The molecule has 3 aromatic rings. The number of methoxy groups -OCH3 is 1. The van der Waals surface area contributed by atoms with E-state index in [1.807, 2.05) is 48.5 Å². The topological polar surface area (TPSA) is 77.9 Å². The highest BCUT2D eigenvalue weighted by Crippen LogP contribution is 2.26. The molecule has 1 amide bonds. The fourth-order valence-electron chi connectivity index (χ4n) is 2.63. The first kappa shape index (κ1) is 15.8. The Morgan fingerprint density at radius 3 is 2.83 bits per heavy atom. The van der Waals surface area contributed by atoms with Crippen LogP contribution in [0.1, 0.15) is 5.56 Å². The van der Waals surface area contributed by atoms with E-state index in [1.165, 1.54) is 0 Å². The fourth-order valence-corrected chi connectivity index (χ4v) is 2.63. The van der Waals surface area contributed by atoms with Crippen molar-refractivity contribution in [3.63, 3.8) is 0 Å². The Labute approximate surface area is 139 Å². The van der Waals surface area contributed by atoms with Crippen molar-refractivity contribution in [2.75, 3.05) is 20.3 Å². The molecule has 0 saturated carbocycles. The van der Waals surface area contributed by atoms with E-state index >= 15 is 0 Å². The molecular formula is C19H17N3O2. The molecule has 0 bridgehead atoms. The van der Waals surface area contributed by atoms with Gasteiger partial charge in [-0.3, -0.25) is 4.79 Å². The Hall–Kier alpha value is -3.10. The number of aromatic nitrogens is 1. The summed E-state index contributed by atoms with van der Waals surface area (Å²) < 4.78 is 4.88. The van der Waals surface area contributed by atoms with Gasteiger partial charge in [0.15, 0.2) is 0 Å². The largest absolute Gasteiger partial charge is 0.383 e. The molecule has 0 aliphatic carbocycles. The minimum atomic E-state index is -0.395. The van der Waals surface area contributed by atoms with E-state index in [-0.39, 0.29) is 5.57 Å².